The lowest BCUT2D eigenvalue weighted by Crippen LogP contribution is -2.41. The highest BCUT2D eigenvalue weighted by molar-refractivity contribution is 6.22. The molecule has 0 spiro atoms. The summed E-state index contributed by atoms with van der Waals surface area (Å²) < 4.78 is 5.48. The number of carbonyl (C=O) groups excluding carboxylic acids is 3. The molecule has 25 heavy (non-hydrogen) atoms. The lowest BCUT2D eigenvalue weighted by Gasteiger charge is -2.13. The quantitative estimate of drug-likeness (QED) is 0.445. The van der Waals surface area contributed by atoms with Crippen LogP contribution in [0.5, 0.6) is 11.5 Å². The van der Waals surface area contributed by atoms with Crippen LogP contribution in [-0.4, -0.2) is 34.2 Å². The molecular formula is C16H9N2O7-. The Hall–Kier alpha value is -3.75. The average Bonchev–Trinajstić information content (AvgIpc) is 2.79. The molecule has 0 saturated heterocycles. The molecular weight excluding hydrogens is 332 g/mol. The molecule has 0 N–H and O–H groups in total. The van der Waals surface area contributed by atoms with Gasteiger partial charge in [0.2, 0.25) is 0 Å². The predicted molar refractivity (Wildman–Crippen MR) is 80.0 cm³/mol. The highest BCUT2D eigenvalue weighted by Crippen LogP contribution is 2.30. The van der Waals surface area contributed by atoms with Gasteiger partial charge in [0.1, 0.15) is 11.5 Å². The lowest BCUT2D eigenvalue weighted by atomic mass is 10.1. The van der Waals surface area contributed by atoms with Crippen LogP contribution in [-0.2, 0) is 4.79 Å². The molecule has 9 heteroatoms. The Kier molecular flexibility index (Phi) is 3.89. The van der Waals surface area contributed by atoms with Gasteiger partial charge in [0, 0.05) is 6.07 Å². The predicted octanol–water partition coefficient (Wildman–Crippen LogP) is 0.733. The van der Waals surface area contributed by atoms with Crippen LogP contribution in [0.15, 0.2) is 42.5 Å². The zero-order chi connectivity index (χ0) is 18.1. The minimum absolute atomic E-state index is 0.00539. The summed E-state index contributed by atoms with van der Waals surface area (Å²) in [6.07, 6.45) is 0. The SMILES string of the molecule is O=C([O-])CN1C(=O)c2ccc(Oc3cccc([N+](=O)[O-])c3)cc2C1=O. The first-order chi connectivity index (χ1) is 11.9. The Bertz CT molecular complexity index is 922. The van der Waals surface area contributed by atoms with E-state index in [1.807, 2.05) is 0 Å². The number of fused-ring (bicyclic) bond motifs is 1. The molecule has 126 valence electrons. The van der Waals surface area contributed by atoms with Crippen molar-refractivity contribution >= 4 is 23.5 Å². The van der Waals surface area contributed by atoms with Crippen LogP contribution >= 0.6 is 0 Å². The lowest BCUT2D eigenvalue weighted by molar-refractivity contribution is -0.384. The van der Waals surface area contributed by atoms with Gasteiger partial charge in [-0.3, -0.25) is 24.6 Å². The smallest absolute Gasteiger partial charge is 0.273 e. The molecule has 2 amide bonds. The molecule has 9 nitrogen and oxygen atoms in total. The summed E-state index contributed by atoms with van der Waals surface area (Å²) in [5.41, 5.74) is -0.114. The maximum Gasteiger partial charge on any atom is 0.273 e. The number of imide groups is 1. The van der Waals surface area contributed by atoms with Crippen molar-refractivity contribution in [3.63, 3.8) is 0 Å². The van der Waals surface area contributed by atoms with Gasteiger partial charge in [-0.2, -0.15) is 0 Å². The zero-order valence-electron chi connectivity index (χ0n) is 12.5. The van der Waals surface area contributed by atoms with E-state index in [1.54, 1.807) is 0 Å². The van der Waals surface area contributed by atoms with Gasteiger partial charge in [-0.25, -0.2) is 0 Å². The summed E-state index contributed by atoms with van der Waals surface area (Å²) >= 11 is 0. The normalized spacial score (nSPS) is 12.9. The van der Waals surface area contributed by atoms with Gasteiger partial charge in [-0.15, -0.1) is 0 Å². The molecule has 2 aromatic rings. The summed E-state index contributed by atoms with van der Waals surface area (Å²) in [7, 11) is 0. The maximum atomic E-state index is 12.2. The minimum atomic E-state index is -1.55. The minimum Gasteiger partial charge on any atom is -0.548 e. The molecule has 0 atom stereocenters. The third kappa shape index (κ3) is 3.02. The molecule has 3 rings (SSSR count). The number of hydrogen-bond acceptors (Lipinski definition) is 7. The van der Waals surface area contributed by atoms with Gasteiger partial charge >= 0.3 is 0 Å². The molecule has 0 aromatic heterocycles. The van der Waals surface area contributed by atoms with E-state index in [-0.39, 0.29) is 28.3 Å². The van der Waals surface area contributed by atoms with E-state index >= 15 is 0 Å². The number of hydrogen-bond donors (Lipinski definition) is 0. The summed E-state index contributed by atoms with van der Waals surface area (Å²) in [6, 6.07) is 9.47. The molecule has 0 fully saturated rings. The number of non-ortho nitro benzene ring substituents is 1. The average molecular weight is 341 g/mol. The van der Waals surface area contributed by atoms with Crippen LogP contribution in [0.3, 0.4) is 0 Å². The number of aliphatic carboxylic acids is 1. The molecule has 0 radical (unpaired) electrons. The van der Waals surface area contributed by atoms with Crippen LogP contribution in [0.25, 0.3) is 0 Å². The van der Waals surface area contributed by atoms with E-state index in [0.29, 0.717) is 4.90 Å². The van der Waals surface area contributed by atoms with E-state index in [1.165, 1.54) is 42.5 Å². The Morgan fingerprint density at radius 2 is 1.72 bits per heavy atom. The van der Waals surface area contributed by atoms with Gasteiger partial charge in [0.15, 0.2) is 0 Å². The second kappa shape index (κ2) is 6.04. The molecule has 0 aliphatic carbocycles. The first-order valence-corrected chi connectivity index (χ1v) is 6.99. The third-order valence-corrected chi connectivity index (χ3v) is 3.49. The second-order valence-electron chi connectivity index (χ2n) is 5.13. The number of benzene rings is 2. The molecule has 1 aliphatic rings. The number of amides is 2. The first kappa shape index (κ1) is 16.1. The second-order valence-corrected chi connectivity index (χ2v) is 5.13. The maximum absolute atomic E-state index is 12.2. The fourth-order valence-electron chi connectivity index (χ4n) is 2.40. The standard InChI is InChI=1S/C16H10N2O7/c19-14(20)8-17-15(21)12-5-4-11(7-13(12)16(17)22)25-10-3-1-2-9(6-10)18(23)24/h1-7H,8H2,(H,19,20)/p-1. The number of carbonyl (C=O) groups is 3. The molecule has 0 unspecified atom stereocenters. The summed E-state index contributed by atoms with van der Waals surface area (Å²) in [5.74, 6) is -2.70. The van der Waals surface area contributed by atoms with Gasteiger partial charge in [-0.05, 0) is 24.3 Å². The van der Waals surface area contributed by atoms with Crippen LogP contribution in [0.4, 0.5) is 5.69 Å². The zero-order valence-corrected chi connectivity index (χ0v) is 12.5. The number of nitro benzene ring substituents is 1. The molecule has 2 aromatic carbocycles. The highest BCUT2D eigenvalue weighted by atomic mass is 16.6. The van der Waals surface area contributed by atoms with Crippen molar-refractivity contribution < 1.29 is 29.2 Å². The monoisotopic (exact) mass is 341 g/mol. The number of nitro groups is 1. The van der Waals surface area contributed by atoms with Crippen LogP contribution in [0, 0.1) is 10.1 Å². The molecule has 1 heterocycles. The summed E-state index contributed by atoms with van der Waals surface area (Å²) in [4.78, 5) is 45.6. The van der Waals surface area contributed by atoms with E-state index in [9.17, 15) is 29.6 Å². The third-order valence-electron chi connectivity index (χ3n) is 3.49. The Morgan fingerprint density at radius 1 is 1.04 bits per heavy atom. The van der Waals surface area contributed by atoms with Crippen molar-refractivity contribution in [3.05, 3.63) is 63.7 Å². The van der Waals surface area contributed by atoms with Crippen molar-refractivity contribution in [3.8, 4) is 11.5 Å². The van der Waals surface area contributed by atoms with Crippen molar-refractivity contribution in [1.82, 2.24) is 4.90 Å². The number of rotatable bonds is 5. The van der Waals surface area contributed by atoms with E-state index < -0.39 is 29.3 Å². The van der Waals surface area contributed by atoms with Gasteiger partial charge in [0.05, 0.1) is 34.6 Å². The van der Waals surface area contributed by atoms with E-state index in [0.717, 1.165) is 0 Å². The molecule has 0 bridgehead atoms. The van der Waals surface area contributed by atoms with E-state index in [2.05, 4.69) is 0 Å². The van der Waals surface area contributed by atoms with Gasteiger partial charge in [-0.1, -0.05) is 6.07 Å². The largest absolute Gasteiger partial charge is 0.548 e. The van der Waals surface area contributed by atoms with E-state index in [4.69, 9.17) is 4.74 Å². The number of nitrogens with zero attached hydrogens (tertiary/aromatic N) is 2. The number of carboxylic acids is 1. The number of carboxylic acid groups (broad SMARTS) is 1. The fourth-order valence-corrected chi connectivity index (χ4v) is 2.40. The number of ether oxygens (including phenoxy) is 1. The highest BCUT2D eigenvalue weighted by Gasteiger charge is 2.35. The van der Waals surface area contributed by atoms with Crippen LogP contribution in [0.2, 0.25) is 0 Å². The fraction of sp³-hybridized carbons (Fsp3) is 0.0625. The first-order valence-electron chi connectivity index (χ1n) is 6.99. The molecule has 0 saturated carbocycles. The Labute approximate surface area is 140 Å². The van der Waals surface area contributed by atoms with Crippen LogP contribution in [0.1, 0.15) is 20.7 Å². The summed E-state index contributed by atoms with van der Waals surface area (Å²) in [6.45, 7) is -0.840. The van der Waals surface area contributed by atoms with Crippen molar-refractivity contribution in [2.24, 2.45) is 0 Å². The topological polar surface area (TPSA) is 130 Å². The van der Waals surface area contributed by atoms with Crippen molar-refractivity contribution in [2.45, 2.75) is 0 Å². The summed E-state index contributed by atoms with van der Waals surface area (Å²) in [5, 5.41) is 21.4. The van der Waals surface area contributed by atoms with Gasteiger partial charge < -0.3 is 14.6 Å². The molecule has 1 aliphatic heterocycles. The Balaban J connectivity index is 1.88. The van der Waals surface area contributed by atoms with Gasteiger partial charge in [0.25, 0.3) is 17.5 Å². The van der Waals surface area contributed by atoms with Crippen LogP contribution < -0.4 is 9.84 Å². The Morgan fingerprint density at radius 3 is 2.40 bits per heavy atom. The van der Waals surface area contributed by atoms with Crippen molar-refractivity contribution in [1.29, 1.82) is 0 Å². The van der Waals surface area contributed by atoms with Crippen molar-refractivity contribution in [2.75, 3.05) is 6.54 Å².